The Kier molecular flexibility index (Phi) is 4.48. The largest absolute Gasteiger partial charge is 0.496 e. The van der Waals surface area contributed by atoms with E-state index in [0.29, 0.717) is 12.4 Å². The third-order valence-corrected chi connectivity index (χ3v) is 3.81. The summed E-state index contributed by atoms with van der Waals surface area (Å²) in [7, 11) is 1.46. The Hall–Kier alpha value is -2.53. The van der Waals surface area contributed by atoms with E-state index in [1.165, 1.54) is 7.11 Å². The summed E-state index contributed by atoms with van der Waals surface area (Å²) in [6.07, 6.45) is 1.02. The van der Waals surface area contributed by atoms with Crippen molar-refractivity contribution in [2.45, 2.75) is 12.5 Å². The van der Waals surface area contributed by atoms with Crippen molar-refractivity contribution in [1.29, 1.82) is 0 Å². The van der Waals surface area contributed by atoms with Crippen molar-refractivity contribution in [2.24, 2.45) is 0 Å². The lowest BCUT2D eigenvalue weighted by atomic mass is 10.0. The molecule has 0 amide bonds. The Morgan fingerprint density at radius 3 is 2.52 bits per heavy atom. The van der Waals surface area contributed by atoms with Crippen LogP contribution in [0, 0.1) is 0 Å². The van der Waals surface area contributed by atoms with Gasteiger partial charge in [-0.1, -0.05) is 18.2 Å². The van der Waals surface area contributed by atoms with E-state index in [-0.39, 0.29) is 11.7 Å². The number of hydrogen-bond acceptors (Lipinski definition) is 4. The highest BCUT2D eigenvalue weighted by molar-refractivity contribution is 5.92. The van der Waals surface area contributed by atoms with Crippen LogP contribution in [-0.2, 0) is 4.74 Å². The van der Waals surface area contributed by atoms with Gasteiger partial charge in [0, 0.05) is 6.42 Å². The van der Waals surface area contributed by atoms with Crippen LogP contribution in [0.15, 0.2) is 42.5 Å². The Bertz CT molecular complexity index is 687. The molecule has 1 saturated heterocycles. The molecule has 0 aliphatic carbocycles. The topological polar surface area (TPSA) is 65.0 Å². The van der Waals surface area contributed by atoms with E-state index in [1.54, 1.807) is 12.1 Å². The molecule has 0 bridgehead atoms. The molecule has 5 heteroatoms. The Labute approximate surface area is 134 Å². The fraction of sp³-hybridized carbons (Fsp3) is 0.278. The monoisotopic (exact) mass is 314 g/mol. The highest BCUT2D eigenvalue weighted by Gasteiger charge is 2.17. The zero-order valence-electron chi connectivity index (χ0n) is 12.8. The normalized spacial score (nSPS) is 17.0. The molecule has 0 aromatic heterocycles. The smallest absolute Gasteiger partial charge is 0.339 e. The van der Waals surface area contributed by atoms with E-state index in [9.17, 15) is 9.90 Å². The molecule has 1 aliphatic heterocycles. The fourth-order valence-electron chi connectivity index (χ4n) is 2.58. The summed E-state index contributed by atoms with van der Waals surface area (Å²) >= 11 is 0. The molecule has 3 rings (SSSR count). The zero-order valence-corrected chi connectivity index (χ0v) is 12.8. The molecule has 1 unspecified atom stereocenters. The van der Waals surface area contributed by atoms with Crippen molar-refractivity contribution in [1.82, 2.24) is 0 Å². The van der Waals surface area contributed by atoms with Gasteiger partial charge in [-0.2, -0.15) is 0 Å². The maximum Gasteiger partial charge on any atom is 0.339 e. The zero-order chi connectivity index (χ0) is 16.2. The van der Waals surface area contributed by atoms with Crippen LogP contribution < -0.4 is 9.47 Å². The van der Waals surface area contributed by atoms with Crippen molar-refractivity contribution < 1.29 is 24.1 Å². The van der Waals surface area contributed by atoms with Crippen LogP contribution in [-0.4, -0.2) is 37.5 Å². The van der Waals surface area contributed by atoms with Gasteiger partial charge in [0.05, 0.1) is 20.3 Å². The molecule has 1 N–H and O–H groups in total. The van der Waals surface area contributed by atoms with Crippen LogP contribution in [0.2, 0.25) is 0 Å². The highest BCUT2D eigenvalue weighted by Crippen LogP contribution is 2.28. The second-order valence-corrected chi connectivity index (χ2v) is 5.35. The third kappa shape index (κ3) is 3.46. The molecule has 1 aliphatic rings. The molecule has 1 atom stereocenters. The minimum Gasteiger partial charge on any atom is -0.496 e. The molecule has 120 valence electrons. The van der Waals surface area contributed by atoms with Crippen LogP contribution in [0.3, 0.4) is 0 Å². The Morgan fingerprint density at radius 2 is 1.91 bits per heavy atom. The predicted molar refractivity (Wildman–Crippen MR) is 85.2 cm³/mol. The summed E-state index contributed by atoms with van der Waals surface area (Å²) in [6.45, 7) is 1.37. The van der Waals surface area contributed by atoms with E-state index in [4.69, 9.17) is 14.2 Å². The van der Waals surface area contributed by atoms with E-state index in [2.05, 4.69) is 0 Å². The summed E-state index contributed by atoms with van der Waals surface area (Å²) < 4.78 is 16.2. The second-order valence-electron chi connectivity index (χ2n) is 5.35. The first-order valence-electron chi connectivity index (χ1n) is 7.43. The maximum atomic E-state index is 11.3. The number of carbonyl (C=O) groups is 1. The van der Waals surface area contributed by atoms with Gasteiger partial charge in [0.15, 0.2) is 0 Å². The van der Waals surface area contributed by atoms with E-state index >= 15 is 0 Å². The summed E-state index contributed by atoms with van der Waals surface area (Å²) in [5.41, 5.74) is 1.89. The van der Waals surface area contributed by atoms with Gasteiger partial charge >= 0.3 is 5.97 Å². The van der Waals surface area contributed by atoms with Crippen molar-refractivity contribution in [2.75, 3.05) is 20.3 Å². The van der Waals surface area contributed by atoms with Crippen molar-refractivity contribution >= 4 is 5.97 Å². The van der Waals surface area contributed by atoms with Crippen molar-refractivity contribution in [3.63, 3.8) is 0 Å². The molecule has 0 spiro atoms. The van der Waals surface area contributed by atoms with E-state index in [1.807, 2.05) is 30.3 Å². The standard InChI is InChI=1S/C18H18O5/c1-21-17-7-4-13(10-16(17)18(19)20)12-2-5-14(6-3-12)23-15-8-9-22-11-15/h2-7,10,15H,8-9,11H2,1H3,(H,19,20). The van der Waals surface area contributed by atoms with Crippen molar-refractivity contribution in [3.05, 3.63) is 48.0 Å². The number of hydrogen-bond donors (Lipinski definition) is 1. The lowest BCUT2D eigenvalue weighted by molar-refractivity contribution is 0.0693. The molecule has 23 heavy (non-hydrogen) atoms. The van der Waals surface area contributed by atoms with Crippen LogP contribution in [0.25, 0.3) is 11.1 Å². The molecular weight excluding hydrogens is 296 g/mol. The van der Waals surface area contributed by atoms with Crippen LogP contribution in [0.1, 0.15) is 16.8 Å². The minimum absolute atomic E-state index is 0.112. The lowest BCUT2D eigenvalue weighted by Crippen LogP contribution is -2.15. The van der Waals surface area contributed by atoms with Gasteiger partial charge in [0.25, 0.3) is 0 Å². The summed E-state index contributed by atoms with van der Waals surface area (Å²) in [5.74, 6) is 0.128. The van der Waals surface area contributed by atoms with Crippen molar-refractivity contribution in [3.8, 4) is 22.6 Å². The van der Waals surface area contributed by atoms with Gasteiger partial charge in [0.1, 0.15) is 23.2 Å². The summed E-state index contributed by atoms with van der Waals surface area (Å²) in [5, 5.41) is 9.26. The number of ether oxygens (including phenoxy) is 3. The summed E-state index contributed by atoms with van der Waals surface area (Å²) in [4.78, 5) is 11.3. The number of carboxylic acid groups (broad SMARTS) is 1. The number of carboxylic acids is 1. The molecule has 1 fully saturated rings. The fourth-order valence-corrected chi connectivity index (χ4v) is 2.58. The lowest BCUT2D eigenvalue weighted by Gasteiger charge is -2.12. The molecule has 0 saturated carbocycles. The highest BCUT2D eigenvalue weighted by atomic mass is 16.5. The molecule has 2 aromatic rings. The number of methoxy groups -OCH3 is 1. The molecule has 0 radical (unpaired) electrons. The SMILES string of the molecule is COc1ccc(-c2ccc(OC3CCOC3)cc2)cc1C(=O)O. The molecule has 5 nitrogen and oxygen atoms in total. The van der Waals surface area contributed by atoms with Gasteiger partial charge < -0.3 is 19.3 Å². The van der Waals surface area contributed by atoms with Gasteiger partial charge in [-0.15, -0.1) is 0 Å². The minimum atomic E-state index is -1.01. The average Bonchev–Trinajstić information content (AvgIpc) is 3.08. The van der Waals surface area contributed by atoms with E-state index < -0.39 is 5.97 Å². The van der Waals surface area contributed by atoms with Crippen LogP contribution in [0.4, 0.5) is 0 Å². The van der Waals surface area contributed by atoms with Gasteiger partial charge in [-0.3, -0.25) is 0 Å². The van der Waals surface area contributed by atoms with E-state index in [0.717, 1.165) is 29.9 Å². The Balaban J connectivity index is 1.81. The molecular formula is C18H18O5. The quantitative estimate of drug-likeness (QED) is 0.918. The van der Waals surface area contributed by atoms with Gasteiger partial charge in [-0.25, -0.2) is 4.79 Å². The predicted octanol–water partition coefficient (Wildman–Crippen LogP) is 3.23. The first kappa shape index (κ1) is 15.4. The Morgan fingerprint density at radius 1 is 1.17 bits per heavy atom. The molecule has 2 aromatic carbocycles. The maximum absolute atomic E-state index is 11.3. The number of rotatable bonds is 5. The van der Waals surface area contributed by atoms with Crippen LogP contribution >= 0.6 is 0 Å². The first-order chi connectivity index (χ1) is 11.2. The first-order valence-corrected chi connectivity index (χ1v) is 7.43. The number of benzene rings is 2. The van der Waals surface area contributed by atoms with Gasteiger partial charge in [-0.05, 0) is 35.4 Å². The summed E-state index contributed by atoms with van der Waals surface area (Å²) in [6, 6.07) is 12.7. The number of aromatic carboxylic acids is 1. The third-order valence-electron chi connectivity index (χ3n) is 3.81. The van der Waals surface area contributed by atoms with Crippen LogP contribution in [0.5, 0.6) is 11.5 Å². The molecule has 1 heterocycles. The average molecular weight is 314 g/mol. The van der Waals surface area contributed by atoms with Gasteiger partial charge in [0.2, 0.25) is 0 Å². The second kappa shape index (κ2) is 6.71.